The van der Waals surface area contributed by atoms with Crippen LogP contribution < -0.4 is 5.32 Å². The quantitative estimate of drug-likeness (QED) is 0.670. The Hall–Kier alpha value is -2.88. The van der Waals surface area contributed by atoms with Gasteiger partial charge >= 0.3 is 5.97 Å². The molecule has 2 amide bonds. The van der Waals surface area contributed by atoms with E-state index in [0.29, 0.717) is 6.54 Å². The number of aryl methyl sites for hydroxylation is 1. The molecule has 1 saturated heterocycles. The largest absolute Gasteiger partial charge is 0.481 e. The Bertz CT molecular complexity index is 724. The Morgan fingerprint density at radius 2 is 2.15 bits per heavy atom. The van der Waals surface area contributed by atoms with Crippen molar-refractivity contribution in [2.75, 3.05) is 13.1 Å². The minimum Gasteiger partial charge on any atom is -0.481 e. The van der Waals surface area contributed by atoms with Crippen LogP contribution in [0.15, 0.2) is 24.5 Å². The first-order valence-electron chi connectivity index (χ1n) is 9.10. The third-order valence-corrected chi connectivity index (χ3v) is 4.54. The van der Waals surface area contributed by atoms with Gasteiger partial charge in [0.1, 0.15) is 6.04 Å². The van der Waals surface area contributed by atoms with E-state index < -0.39 is 12.0 Å². The number of likely N-dealkylation sites (tertiary alicyclic amines) is 1. The van der Waals surface area contributed by atoms with Crippen molar-refractivity contribution in [2.24, 2.45) is 5.92 Å². The summed E-state index contributed by atoms with van der Waals surface area (Å²) in [6.07, 6.45) is 6.42. The van der Waals surface area contributed by atoms with Gasteiger partial charge in [-0.1, -0.05) is 5.92 Å². The highest BCUT2D eigenvalue weighted by atomic mass is 16.4. The third-order valence-electron chi connectivity index (χ3n) is 4.54. The SMILES string of the molecule is CC#C[C@H](CC(=O)O)NC(=O)CN1CCCC(CCc2ccncc2)C1=O. The lowest BCUT2D eigenvalue weighted by molar-refractivity contribution is -0.142. The molecule has 2 atom stereocenters. The number of piperidine rings is 1. The summed E-state index contributed by atoms with van der Waals surface area (Å²) in [6, 6.07) is 3.13. The molecule has 7 nitrogen and oxygen atoms in total. The molecule has 2 rings (SSSR count). The highest BCUT2D eigenvalue weighted by Crippen LogP contribution is 2.22. The fourth-order valence-electron chi connectivity index (χ4n) is 3.24. The van der Waals surface area contributed by atoms with Gasteiger partial charge in [-0.2, -0.15) is 0 Å². The molecule has 144 valence electrons. The van der Waals surface area contributed by atoms with Gasteiger partial charge in [0, 0.05) is 24.9 Å². The second kappa shape index (κ2) is 10.3. The maximum atomic E-state index is 12.7. The molecule has 1 aromatic rings. The van der Waals surface area contributed by atoms with Gasteiger partial charge in [0.25, 0.3) is 0 Å². The molecule has 7 heteroatoms. The predicted octanol–water partition coefficient (Wildman–Crippen LogP) is 1.24. The van der Waals surface area contributed by atoms with E-state index in [1.54, 1.807) is 24.2 Å². The highest BCUT2D eigenvalue weighted by Gasteiger charge is 2.29. The zero-order valence-corrected chi connectivity index (χ0v) is 15.5. The van der Waals surface area contributed by atoms with Crippen LogP contribution in [-0.4, -0.2) is 51.9 Å². The van der Waals surface area contributed by atoms with Crippen molar-refractivity contribution in [1.82, 2.24) is 15.2 Å². The van der Waals surface area contributed by atoms with Crippen LogP contribution in [0.4, 0.5) is 0 Å². The molecule has 1 aromatic heterocycles. The summed E-state index contributed by atoms with van der Waals surface area (Å²) >= 11 is 0. The Balaban J connectivity index is 1.87. The van der Waals surface area contributed by atoms with Crippen molar-refractivity contribution in [2.45, 2.75) is 45.1 Å². The second-order valence-electron chi connectivity index (χ2n) is 6.61. The zero-order chi connectivity index (χ0) is 19.6. The molecule has 1 aliphatic heterocycles. The van der Waals surface area contributed by atoms with E-state index in [9.17, 15) is 14.4 Å². The van der Waals surface area contributed by atoms with Crippen LogP contribution in [0.3, 0.4) is 0 Å². The summed E-state index contributed by atoms with van der Waals surface area (Å²) in [5.41, 5.74) is 1.14. The maximum Gasteiger partial charge on any atom is 0.306 e. The van der Waals surface area contributed by atoms with E-state index in [-0.39, 0.29) is 30.7 Å². The Labute approximate surface area is 159 Å². The van der Waals surface area contributed by atoms with Crippen LogP contribution in [0.5, 0.6) is 0 Å². The molecule has 0 saturated carbocycles. The number of carboxylic acids is 1. The van der Waals surface area contributed by atoms with E-state index >= 15 is 0 Å². The van der Waals surface area contributed by atoms with Gasteiger partial charge in [0.15, 0.2) is 0 Å². The molecule has 2 N–H and O–H groups in total. The molecule has 0 spiro atoms. The molecule has 0 aromatic carbocycles. The molecule has 0 bridgehead atoms. The smallest absolute Gasteiger partial charge is 0.306 e. The first-order valence-corrected chi connectivity index (χ1v) is 9.10. The van der Waals surface area contributed by atoms with Gasteiger partial charge in [-0.05, 0) is 50.3 Å². The number of hydrogen-bond acceptors (Lipinski definition) is 4. The number of carbonyl (C=O) groups is 3. The van der Waals surface area contributed by atoms with E-state index in [2.05, 4.69) is 22.1 Å². The van der Waals surface area contributed by atoms with Crippen molar-refractivity contribution < 1.29 is 19.5 Å². The lowest BCUT2D eigenvalue weighted by atomic mass is 9.91. The minimum absolute atomic E-state index is 0.0122. The number of aromatic nitrogens is 1. The maximum absolute atomic E-state index is 12.7. The number of amides is 2. The monoisotopic (exact) mass is 371 g/mol. The molecule has 0 aliphatic carbocycles. The number of pyridine rings is 1. The van der Waals surface area contributed by atoms with Crippen molar-refractivity contribution in [1.29, 1.82) is 0 Å². The molecule has 2 heterocycles. The average Bonchev–Trinajstić information content (AvgIpc) is 2.63. The van der Waals surface area contributed by atoms with Gasteiger partial charge in [-0.3, -0.25) is 19.4 Å². The van der Waals surface area contributed by atoms with Crippen LogP contribution in [-0.2, 0) is 20.8 Å². The van der Waals surface area contributed by atoms with Crippen LogP contribution >= 0.6 is 0 Å². The fourth-order valence-corrected chi connectivity index (χ4v) is 3.24. The van der Waals surface area contributed by atoms with Crippen molar-refractivity contribution in [3.63, 3.8) is 0 Å². The molecule has 27 heavy (non-hydrogen) atoms. The Morgan fingerprint density at radius 1 is 1.41 bits per heavy atom. The van der Waals surface area contributed by atoms with Gasteiger partial charge in [0.2, 0.25) is 11.8 Å². The van der Waals surface area contributed by atoms with Gasteiger partial charge in [-0.15, -0.1) is 5.92 Å². The highest BCUT2D eigenvalue weighted by molar-refractivity contribution is 5.87. The number of aliphatic carboxylic acids is 1. The van der Waals surface area contributed by atoms with Gasteiger partial charge < -0.3 is 15.3 Å². The Kier molecular flexibility index (Phi) is 7.80. The molecule has 1 aliphatic rings. The molecule has 1 unspecified atom stereocenters. The number of hydrogen-bond donors (Lipinski definition) is 2. The standard InChI is InChI=1S/C20H25N3O4/c1-2-4-17(13-19(25)26)22-18(24)14-23-12-3-5-16(20(23)27)7-6-15-8-10-21-11-9-15/h8-11,16-17H,3,5-7,12-14H2,1H3,(H,22,24)(H,25,26)/t16?,17-/m1/s1. The summed E-state index contributed by atoms with van der Waals surface area (Å²) in [5.74, 6) is 3.77. The first kappa shape index (κ1) is 20.4. The normalized spacial score (nSPS) is 17.6. The first-order chi connectivity index (χ1) is 13.0. The van der Waals surface area contributed by atoms with Crippen LogP contribution in [0.2, 0.25) is 0 Å². The molecule has 0 radical (unpaired) electrons. The lowest BCUT2D eigenvalue weighted by Gasteiger charge is -2.32. The topological polar surface area (TPSA) is 99.6 Å². The van der Waals surface area contributed by atoms with Crippen molar-refractivity contribution in [3.05, 3.63) is 30.1 Å². The molecular weight excluding hydrogens is 346 g/mol. The molecular formula is C20H25N3O4. The third kappa shape index (κ3) is 6.74. The number of carboxylic acid groups (broad SMARTS) is 1. The van der Waals surface area contributed by atoms with Crippen LogP contribution in [0.1, 0.15) is 38.2 Å². The van der Waals surface area contributed by atoms with Gasteiger partial charge in [0.05, 0.1) is 13.0 Å². The summed E-state index contributed by atoms with van der Waals surface area (Å²) < 4.78 is 0. The number of carbonyl (C=O) groups excluding carboxylic acids is 2. The van der Waals surface area contributed by atoms with E-state index in [4.69, 9.17) is 5.11 Å². The summed E-state index contributed by atoms with van der Waals surface area (Å²) in [7, 11) is 0. The van der Waals surface area contributed by atoms with E-state index in [0.717, 1.165) is 31.2 Å². The van der Waals surface area contributed by atoms with Crippen molar-refractivity contribution in [3.8, 4) is 11.8 Å². The average molecular weight is 371 g/mol. The van der Waals surface area contributed by atoms with Crippen molar-refractivity contribution >= 4 is 17.8 Å². The number of nitrogens with zero attached hydrogens (tertiary/aromatic N) is 2. The van der Waals surface area contributed by atoms with E-state index in [1.807, 2.05) is 12.1 Å². The zero-order valence-electron chi connectivity index (χ0n) is 15.5. The number of rotatable bonds is 8. The lowest BCUT2D eigenvalue weighted by Crippen LogP contribution is -2.48. The van der Waals surface area contributed by atoms with Crippen LogP contribution in [0.25, 0.3) is 0 Å². The fraction of sp³-hybridized carbons (Fsp3) is 0.500. The summed E-state index contributed by atoms with van der Waals surface area (Å²) in [5, 5.41) is 11.5. The summed E-state index contributed by atoms with van der Waals surface area (Å²) in [4.78, 5) is 41.3. The predicted molar refractivity (Wildman–Crippen MR) is 99.5 cm³/mol. The second-order valence-corrected chi connectivity index (χ2v) is 6.61. The van der Waals surface area contributed by atoms with E-state index in [1.165, 1.54) is 0 Å². The summed E-state index contributed by atoms with van der Waals surface area (Å²) in [6.45, 7) is 2.07. The van der Waals surface area contributed by atoms with Gasteiger partial charge in [-0.25, -0.2) is 0 Å². The molecule has 1 fully saturated rings. The number of nitrogens with one attached hydrogen (secondary N) is 1. The van der Waals surface area contributed by atoms with Crippen LogP contribution in [0, 0.1) is 17.8 Å². The minimum atomic E-state index is -1.03. The Morgan fingerprint density at radius 3 is 2.81 bits per heavy atom.